The summed E-state index contributed by atoms with van der Waals surface area (Å²) in [5, 5.41) is 0. The predicted molar refractivity (Wildman–Crippen MR) is 58.0 cm³/mol. The molecule has 0 aromatic carbocycles. The highest BCUT2D eigenvalue weighted by atomic mass is 32.1. The summed E-state index contributed by atoms with van der Waals surface area (Å²) in [4.78, 5) is 5.34. The van der Waals surface area contributed by atoms with Gasteiger partial charge in [-0.15, -0.1) is 11.3 Å². The van der Waals surface area contributed by atoms with Gasteiger partial charge in [0.05, 0.1) is 23.9 Å². The van der Waals surface area contributed by atoms with E-state index in [-0.39, 0.29) is 6.04 Å². The lowest BCUT2D eigenvalue weighted by Gasteiger charge is -2.14. The summed E-state index contributed by atoms with van der Waals surface area (Å²) in [7, 11) is 0. The topological polar surface area (TPSA) is 60.2 Å². The molecule has 0 saturated carbocycles. The van der Waals surface area contributed by atoms with Crippen LogP contribution in [-0.4, -0.2) is 18.2 Å². The molecule has 80 valence electrons. The van der Waals surface area contributed by atoms with Crippen LogP contribution < -0.4 is 11.3 Å². The summed E-state index contributed by atoms with van der Waals surface area (Å²) in [6.07, 6.45) is 1.03. The van der Waals surface area contributed by atoms with Crippen LogP contribution in [0.2, 0.25) is 0 Å². The lowest BCUT2D eigenvalue weighted by atomic mass is 10.2. The van der Waals surface area contributed by atoms with Gasteiger partial charge in [0.1, 0.15) is 0 Å². The third kappa shape index (κ3) is 3.02. The van der Waals surface area contributed by atoms with E-state index in [0.29, 0.717) is 6.61 Å². The molecule has 1 unspecified atom stereocenters. The van der Waals surface area contributed by atoms with Crippen LogP contribution in [0.15, 0.2) is 5.51 Å². The lowest BCUT2D eigenvalue weighted by Crippen LogP contribution is -2.31. The van der Waals surface area contributed by atoms with E-state index in [1.54, 1.807) is 11.3 Å². The Balaban J connectivity index is 2.50. The van der Waals surface area contributed by atoms with E-state index in [4.69, 9.17) is 10.6 Å². The Morgan fingerprint density at radius 3 is 3.00 bits per heavy atom. The van der Waals surface area contributed by atoms with Gasteiger partial charge in [-0.25, -0.2) is 10.4 Å². The van der Waals surface area contributed by atoms with Crippen LogP contribution in [0.4, 0.5) is 0 Å². The molecule has 1 aromatic heterocycles. The molecule has 0 aliphatic carbocycles. The van der Waals surface area contributed by atoms with Crippen LogP contribution in [0.5, 0.6) is 0 Å². The molecule has 0 fully saturated rings. The fourth-order valence-electron chi connectivity index (χ4n) is 1.19. The first kappa shape index (κ1) is 11.6. The minimum absolute atomic E-state index is 0.0639. The molecule has 0 radical (unpaired) electrons. The molecule has 3 N–H and O–H groups in total. The number of hydrazine groups is 1. The van der Waals surface area contributed by atoms with Crippen LogP contribution in [0, 0.1) is 6.92 Å². The second-order valence-corrected chi connectivity index (χ2v) is 3.98. The third-order valence-electron chi connectivity index (χ3n) is 1.93. The molecule has 5 heteroatoms. The van der Waals surface area contributed by atoms with E-state index in [2.05, 4.69) is 17.3 Å². The number of ether oxygens (including phenoxy) is 1. The zero-order chi connectivity index (χ0) is 10.4. The monoisotopic (exact) mass is 215 g/mol. The third-order valence-corrected chi connectivity index (χ3v) is 2.98. The van der Waals surface area contributed by atoms with E-state index in [1.165, 1.54) is 0 Å². The largest absolute Gasteiger partial charge is 0.379 e. The van der Waals surface area contributed by atoms with Gasteiger partial charge < -0.3 is 4.74 Å². The standard InChI is InChI=1S/C9H17N3OS/c1-3-4-13-5-8(12-10)9-7(2)11-6-14-9/h6,8,12H,3-5,10H2,1-2H3. The first-order valence-corrected chi connectivity index (χ1v) is 5.61. The Morgan fingerprint density at radius 1 is 1.71 bits per heavy atom. The SMILES string of the molecule is CCCOCC(NN)c1scnc1C. The van der Waals surface area contributed by atoms with E-state index < -0.39 is 0 Å². The summed E-state index contributed by atoms with van der Waals surface area (Å²) in [6, 6.07) is 0.0639. The van der Waals surface area contributed by atoms with Gasteiger partial charge in [0.15, 0.2) is 0 Å². The number of hydrogen-bond acceptors (Lipinski definition) is 5. The van der Waals surface area contributed by atoms with E-state index >= 15 is 0 Å². The van der Waals surface area contributed by atoms with E-state index in [9.17, 15) is 0 Å². The summed E-state index contributed by atoms with van der Waals surface area (Å²) in [6.45, 7) is 5.45. The molecule has 0 aliphatic heterocycles. The fraction of sp³-hybridized carbons (Fsp3) is 0.667. The van der Waals surface area contributed by atoms with Crippen molar-refractivity contribution in [1.82, 2.24) is 10.4 Å². The second kappa shape index (κ2) is 6.08. The minimum Gasteiger partial charge on any atom is -0.379 e. The molecular formula is C9H17N3OS. The Kier molecular flexibility index (Phi) is 5.03. The maximum absolute atomic E-state index is 5.46. The summed E-state index contributed by atoms with van der Waals surface area (Å²) in [5.74, 6) is 5.46. The van der Waals surface area contributed by atoms with Gasteiger partial charge >= 0.3 is 0 Å². The number of aromatic nitrogens is 1. The maximum atomic E-state index is 5.46. The van der Waals surface area contributed by atoms with Gasteiger partial charge in [-0.2, -0.15) is 0 Å². The van der Waals surface area contributed by atoms with Gasteiger partial charge in [0, 0.05) is 11.5 Å². The molecule has 0 aliphatic rings. The van der Waals surface area contributed by atoms with Crippen LogP contribution in [-0.2, 0) is 4.74 Å². The van der Waals surface area contributed by atoms with Gasteiger partial charge in [-0.3, -0.25) is 5.84 Å². The molecule has 14 heavy (non-hydrogen) atoms. The van der Waals surface area contributed by atoms with Crippen LogP contribution in [0.25, 0.3) is 0 Å². The number of rotatable bonds is 6. The minimum atomic E-state index is 0.0639. The van der Waals surface area contributed by atoms with Crippen molar-refractivity contribution in [2.75, 3.05) is 13.2 Å². The number of nitrogens with one attached hydrogen (secondary N) is 1. The Hall–Kier alpha value is -0.490. The van der Waals surface area contributed by atoms with Crippen molar-refractivity contribution in [3.05, 3.63) is 16.1 Å². The predicted octanol–water partition coefficient (Wildman–Crippen LogP) is 1.38. The molecule has 1 heterocycles. The number of nitrogens with two attached hydrogens (primary N) is 1. The zero-order valence-corrected chi connectivity index (χ0v) is 9.43. The smallest absolute Gasteiger partial charge is 0.0805 e. The maximum Gasteiger partial charge on any atom is 0.0805 e. The molecule has 1 aromatic rings. The van der Waals surface area contributed by atoms with Gasteiger partial charge in [-0.1, -0.05) is 6.92 Å². The number of nitrogens with zero attached hydrogens (tertiary/aromatic N) is 1. The van der Waals surface area contributed by atoms with Crippen molar-refractivity contribution in [2.45, 2.75) is 26.3 Å². The normalized spacial score (nSPS) is 13.1. The molecule has 0 amide bonds. The van der Waals surface area contributed by atoms with Gasteiger partial charge in [0.25, 0.3) is 0 Å². The molecule has 1 atom stereocenters. The van der Waals surface area contributed by atoms with Crippen LogP contribution >= 0.6 is 11.3 Å². The second-order valence-electron chi connectivity index (χ2n) is 3.10. The van der Waals surface area contributed by atoms with Crippen LogP contribution in [0.3, 0.4) is 0 Å². The molecule has 0 saturated heterocycles. The van der Waals surface area contributed by atoms with Crippen molar-refractivity contribution in [1.29, 1.82) is 0 Å². The molecule has 0 spiro atoms. The highest BCUT2D eigenvalue weighted by Crippen LogP contribution is 2.21. The average molecular weight is 215 g/mol. The highest BCUT2D eigenvalue weighted by Gasteiger charge is 2.14. The quantitative estimate of drug-likeness (QED) is 0.427. The van der Waals surface area contributed by atoms with Crippen molar-refractivity contribution in [3.8, 4) is 0 Å². The first-order valence-electron chi connectivity index (χ1n) is 4.73. The zero-order valence-electron chi connectivity index (χ0n) is 8.62. The van der Waals surface area contributed by atoms with Crippen molar-refractivity contribution in [3.63, 3.8) is 0 Å². The van der Waals surface area contributed by atoms with Crippen LogP contribution in [0.1, 0.15) is 30.0 Å². The number of thiazole rings is 1. The molecule has 4 nitrogen and oxygen atoms in total. The Labute approximate surface area is 88.5 Å². The summed E-state index contributed by atoms with van der Waals surface area (Å²) < 4.78 is 5.45. The van der Waals surface area contributed by atoms with Crippen molar-refractivity contribution >= 4 is 11.3 Å². The van der Waals surface area contributed by atoms with E-state index in [1.807, 2.05) is 12.4 Å². The van der Waals surface area contributed by atoms with Crippen molar-refractivity contribution in [2.24, 2.45) is 5.84 Å². The average Bonchev–Trinajstić information content (AvgIpc) is 2.60. The van der Waals surface area contributed by atoms with Gasteiger partial charge in [0.2, 0.25) is 0 Å². The molecule has 0 bridgehead atoms. The summed E-state index contributed by atoms with van der Waals surface area (Å²) in [5.41, 5.74) is 5.60. The lowest BCUT2D eigenvalue weighted by molar-refractivity contribution is 0.112. The number of hydrogen-bond donors (Lipinski definition) is 2. The Morgan fingerprint density at radius 2 is 2.50 bits per heavy atom. The first-order chi connectivity index (χ1) is 6.79. The summed E-state index contributed by atoms with van der Waals surface area (Å²) >= 11 is 1.61. The van der Waals surface area contributed by atoms with Gasteiger partial charge in [-0.05, 0) is 13.3 Å². The Bertz CT molecular complexity index is 264. The molecule has 1 rings (SSSR count). The highest BCUT2D eigenvalue weighted by molar-refractivity contribution is 7.09. The number of aryl methyl sites for hydroxylation is 1. The van der Waals surface area contributed by atoms with E-state index in [0.717, 1.165) is 23.6 Å². The fourth-order valence-corrected chi connectivity index (χ4v) is 2.04. The van der Waals surface area contributed by atoms with Crippen molar-refractivity contribution < 1.29 is 4.74 Å². The molecular weight excluding hydrogens is 198 g/mol.